The Kier molecular flexibility index (Phi) is 3.37. The Bertz CT molecular complexity index is 615. The van der Waals surface area contributed by atoms with Gasteiger partial charge in [-0.1, -0.05) is 6.42 Å². The maximum Gasteiger partial charge on any atom is 0.252 e. The summed E-state index contributed by atoms with van der Waals surface area (Å²) in [6.07, 6.45) is 5.39. The predicted octanol–water partition coefficient (Wildman–Crippen LogP) is 2.57. The molecule has 1 aliphatic heterocycles. The zero-order chi connectivity index (χ0) is 13.5. The van der Waals surface area contributed by atoms with Gasteiger partial charge in [0.15, 0.2) is 0 Å². The summed E-state index contributed by atoms with van der Waals surface area (Å²) in [6, 6.07) is 5.35. The van der Waals surface area contributed by atoms with Crippen molar-refractivity contribution in [2.45, 2.75) is 42.4 Å². The predicted molar refractivity (Wildman–Crippen MR) is 73.3 cm³/mol. The SMILES string of the molecule is N#Cc1ccc(S(=O)(=O)N2CCCC3CCCC32)s1. The highest BCUT2D eigenvalue weighted by Crippen LogP contribution is 2.40. The van der Waals surface area contributed by atoms with Gasteiger partial charge in [-0.3, -0.25) is 0 Å². The van der Waals surface area contributed by atoms with E-state index in [-0.39, 0.29) is 6.04 Å². The van der Waals surface area contributed by atoms with Crippen LogP contribution in [0.25, 0.3) is 0 Å². The van der Waals surface area contributed by atoms with Crippen LogP contribution in [0.2, 0.25) is 0 Å². The lowest BCUT2D eigenvalue weighted by atomic mass is 9.94. The van der Waals surface area contributed by atoms with E-state index in [9.17, 15) is 8.42 Å². The first kappa shape index (κ1) is 13.1. The molecule has 2 heterocycles. The summed E-state index contributed by atoms with van der Waals surface area (Å²) in [7, 11) is -3.40. The topological polar surface area (TPSA) is 61.2 Å². The second-order valence-electron chi connectivity index (χ2n) is 5.25. The molecule has 0 spiro atoms. The number of hydrogen-bond donors (Lipinski definition) is 0. The first-order valence-electron chi connectivity index (χ1n) is 6.65. The van der Waals surface area contributed by atoms with Crippen molar-refractivity contribution in [3.63, 3.8) is 0 Å². The van der Waals surface area contributed by atoms with E-state index >= 15 is 0 Å². The number of thiophene rings is 1. The lowest BCUT2D eigenvalue weighted by Crippen LogP contribution is -2.45. The van der Waals surface area contributed by atoms with Gasteiger partial charge in [-0.25, -0.2) is 8.42 Å². The van der Waals surface area contributed by atoms with E-state index in [0.29, 0.717) is 21.5 Å². The molecule has 0 radical (unpaired) electrons. The molecule has 1 saturated carbocycles. The van der Waals surface area contributed by atoms with E-state index in [1.165, 1.54) is 0 Å². The van der Waals surface area contributed by atoms with Crippen molar-refractivity contribution in [3.8, 4) is 6.07 Å². The average molecular weight is 296 g/mol. The zero-order valence-corrected chi connectivity index (χ0v) is 12.2. The summed E-state index contributed by atoms with van der Waals surface area (Å²) in [6.45, 7) is 0.628. The minimum absolute atomic E-state index is 0.186. The van der Waals surface area contributed by atoms with E-state index < -0.39 is 10.0 Å². The number of hydrogen-bond acceptors (Lipinski definition) is 4. The molecule has 1 saturated heterocycles. The van der Waals surface area contributed by atoms with Gasteiger partial charge in [-0.05, 0) is 43.7 Å². The molecule has 0 N–H and O–H groups in total. The van der Waals surface area contributed by atoms with Crippen molar-refractivity contribution in [2.75, 3.05) is 6.54 Å². The van der Waals surface area contributed by atoms with Gasteiger partial charge >= 0.3 is 0 Å². The normalized spacial score (nSPS) is 27.9. The van der Waals surface area contributed by atoms with E-state index in [1.54, 1.807) is 16.4 Å². The Balaban J connectivity index is 1.93. The van der Waals surface area contributed by atoms with E-state index in [2.05, 4.69) is 0 Å². The molecule has 3 rings (SSSR count). The lowest BCUT2D eigenvalue weighted by Gasteiger charge is -2.36. The maximum absolute atomic E-state index is 12.7. The minimum Gasteiger partial charge on any atom is -0.206 e. The van der Waals surface area contributed by atoms with E-state index in [4.69, 9.17) is 5.26 Å². The second kappa shape index (κ2) is 4.89. The van der Waals surface area contributed by atoms with Crippen LogP contribution < -0.4 is 0 Å². The molecular weight excluding hydrogens is 280 g/mol. The molecule has 2 fully saturated rings. The van der Waals surface area contributed by atoms with Crippen LogP contribution in [0.5, 0.6) is 0 Å². The molecule has 1 aromatic rings. The number of nitriles is 1. The molecule has 2 atom stereocenters. The van der Waals surface area contributed by atoms with Crippen molar-refractivity contribution < 1.29 is 8.42 Å². The van der Waals surface area contributed by atoms with E-state index in [1.807, 2.05) is 6.07 Å². The van der Waals surface area contributed by atoms with Crippen molar-refractivity contribution in [1.82, 2.24) is 4.31 Å². The summed E-state index contributed by atoms with van der Waals surface area (Å²) in [4.78, 5) is 0.457. The first-order valence-corrected chi connectivity index (χ1v) is 8.90. The number of sulfonamides is 1. The smallest absolute Gasteiger partial charge is 0.206 e. The van der Waals surface area contributed by atoms with Gasteiger partial charge in [0.05, 0.1) is 0 Å². The molecule has 102 valence electrons. The number of fused-ring (bicyclic) bond motifs is 1. The van der Waals surface area contributed by atoms with Gasteiger partial charge in [0.25, 0.3) is 10.0 Å². The lowest BCUT2D eigenvalue weighted by molar-refractivity contribution is 0.202. The summed E-state index contributed by atoms with van der Waals surface area (Å²) < 4.78 is 27.4. The van der Waals surface area contributed by atoms with Crippen LogP contribution in [0, 0.1) is 17.2 Å². The summed E-state index contributed by atoms with van der Waals surface area (Å²) >= 11 is 1.08. The van der Waals surface area contributed by atoms with Crippen molar-refractivity contribution in [1.29, 1.82) is 5.26 Å². The van der Waals surface area contributed by atoms with Gasteiger partial charge in [-0.15, -0.1) is 11.3 Å². The highest BCUT2D eigenvalue weighted by Gasteiger charge is 2.41. The van der Waals surface area contributed by atoms with Crippen LogP contribution in [-0.2, 0) is 10.0 Å². The standard InChI is InChI=1S/C13H16N2O2S2/c14-9-11-6-7-13(18-11)19(16,17)15-8-2-4-10-3-1-5-12(10)15/h6-7,10,12H,1-5,8H2. The molecule has 1 aliphatic carbocycles. The van der Waals surface area contributed by atoms with Crippen LogP contribution in [0.15, 0.2) is 16.3 Å². The Morgan fingerprint density at radius 2 is 2.05 bits per heavy atom. The summed E-state index contributed by atoms with van der Waals surface area (Å²) in [5, 5.41) is 8.83. The van der Waals surface area contributed by atoms with Crippen LogP contribution in [0.4, 0.5) is 0 Å². The van der Waals surface area contributed by atoms with Crippen LogP contribution in [0.3, 0.4) is 0 Å². The highest BCUT2D eigenvalue weighted by atomic mass is 32.2. The molecule has 19 heavy (non-hydrogen) atoms. The fraction of sp³-hybridized carbons (Fsp3) is 0.615. The molecule has 2 unspecified atom stereocenters. The number of rotatable bonds is 2. The monoisotopic (exact) mass is 296 g/mol. The van der Waals surface area contributed by atoms with Crippen LogP contribution >= 0.6 is 11.3 Å². The molecule has 2 aliphatic rings. The quantitative estimate of drug-likeness (QED) is 0.842. The Labute approximate surface area is 117 Å². The third kappa shape index (κ3) is 2.20. The number of nitrogens with zero attached hydrogens (tertiary/aromatic N) is 2. The second-order valence-corrected chi connectivity index (χ2v) is 8.45. The van der Waals surface area contributed by atoms with Crippen LogP contribution in [-0.4, -0.2) is 25.3 Å². The Morgan fingerprint density at radius 3 is 2.79 bits per heavy atom. The molecule has 6 heteroatoms. The third-order valence-electron chi connectivity index (χ3n) is 4.20. The third-order valence-corrected chi connectivity index (χ3v) is 7.58. The summed E-state index contributed by atoms with van der Waals surface area (Å²) in [5.74, 6) is 0.541. The summed E-state index contributed by atoms with van der Waals surface area (Å²) in [5.41, 5.74) is 0. The number of piperidine rings is 1. The van der Waals surface area contributed by atoms with Gasteiger partial charge < -0.3 is 0 Å². The Hall–Kier alpha value is -0.900. The van der Waals surface area contributed by atoms with Crippen molar-refractivity contribution in [2.24, 2.45) is 5.92 Å². The molecule has 1 aromatic heterocycles. The molecule has 0 aromatic carbocycles. The van der Waals surface area contributed by atoms with Crippen molar-refractivity contribution >= 4 is 21.4 Å². The van der Waals surface area contributed by atoms with Gasteiger partial charge in [0.2, 0.25) is 0 Å². The molecular formula is C13H16N2O2S2. The van der Waals surface area contributed by atoms with Gasteiger partial charge in [-0.2, -0.15) is 9.57 Å². The molecule has 0 bridgehead atoms. The molecule has 4 nitrogen and oxygen atoms in total. The fourth-order valence-corrected chi connectivity index (χ4v) is 6.33. The first-order chi connectivity index (χ1) is 9.13. The average Bonchev–Trinajstić information content (AvgIpc) is 3.06. The highest BCUT2D eigenvalue weighted by molar-refractivity contribution is 7.91. The van der Waals surface area contributed by atoms with E-state index in [0.717, 1.165) is 43.4 Å². The minimum atomic E-state index is -3.40. The fourth-order valence-electron chi connectivity index (χ4n) is 3.34. The Morgan fingerprint density at radius 1 is 1.26 bits per heavy atom. The zero-order valence-electron chi connectivity index (χ0n) is 10.6. The van der Waals surface area contributed by atoms with Crippen LogP contribution in [0.1, 0.15) is 37.0 Å². The largest absolute Gasteiger partial charge is 0.252 e. The van der Waals surface area contributed by atoms with Gasteiger partial charge in [0.1, 0.15) is 15.2 Å². The van der Waals surface area contributed by atoms with Gasteiger partial charge in [0, 0.05) is 12.6 Å². The molecule has 0 amide bonds. The van der Waals surface area contributed by atoms with Crippen molar-refractivity contribution in [3.05, 3.63) is 17.0 Å². The maximum atomic E-state index is 12.7.